The monoisotopic (exact) mass is 441 g/mol. The average molecular weight is 442 g/mol. The van der Waals surface area contributed by atoms with E-state index in [-0.39, 0.29) is 24.5 Å². The molecule has 0 aliphatic heterocycles. The number of aromatic nitrogens is 2. The molecule has 1 aromatic heterocycles. The zero-order chi connectivity index (χ0) is 22.4. The van der Waals surface area contributed by atoms with Crippen LogP contribution in [0.3, 0.4) is 0 Å². The van der Waals surface area contributed by atoms with E-state index in [1.54, 1.807) is 56.9 Å². The van der Waals surface area contributed by atoms with Crippen molar-refractivity contribution in [2.24, 2.45) is 7.05 Å². The molecule has 2 aromatic carbocycles. The second-order valence-corrected chi connectivity index (χ2v) is 7.41. The zero-order valence-electron chi connectivity index (χ0n) is 17.6. The van der Waals surface area contributed by atoms with Crippen molar-refractivity contribution in [2.75, 3.05) is 14.2 Å². The summed E-state index contributed by atoms with van der Waals surface area (Å²) in [5, 5.41) is 3.54. The molecule has 0 aliphatic rings. The van der Waals surface area contributed by atoms with Gasteiger partial charge < -0.3 is 19.4 Å². The van der Waals surface area contributed by atoms with Gasteiger partial charge in [-0.3, -0.25) is 9.59 Å². The van der Waals surface area contributed by atoms with Crippen molar-refractivity contribution in [3.63, 3.8) is 0 Å². The minimum Gasteiger partial charge on any atom is -0.497 e. The number of carbonyl (C=O) groups excluding carboxylic acids is 2. The van der Waals surface area contributed by atoms with Gasteiger partial charge in [0.05, 0.1) is 14.2 Å². The first-order valence-corrected chi connectivity index (χ1v) is 10.1. The van der Waals surface area contributed by atoms with Crippen LogP contribution < -0.4 is 14.8 Å². The van der Waals surface area contributed by atoms with E-state index in [4.69, 9.17) is 21.1 Å². The topological polar surface area (TPSA) is 82.4 Å². The standard InChI is InChI=1S/C23H24ClN3O4/c1-27-11-10-25-23(27)22(16-12-18(30-2)14-19(13-16)31-3)26-21(29)9-8-20(28)15-4-6-17(24)7-5-15/h4-7,10-14,22H,8-9H2,1-3H3,(H,26,29). The van der Waals surface area contributed by atoms with Gasteiger partial charge in [-0.15, -0.1) is 0 Å². The molecule has 1 amide bonds. The Morgan fingerprint density at radius 1 is 1.06 bits per heavy atom. The fraction of sp³-hybridized carbons (Fsp3) is 0.261. The second kappa shape index (κ2) is 10.1. The fourth-order valence-electron chi connectivity index (χ4n) is 3.19. The van der Waals surface area contributed by atoms with Crippen LogP contribution in [0.2, 0.25) is 5.02 Å². The predicted octanol–water partition coefficient (Wildman–Crippen LogP) is 3.96. The fourth-order valence-corrected chi connectivity index (χ4v) is 3.31. The minimum atomic E-state index is -0.540. The van der Waals surface area contributed by atoms with Gasteiger partial charge in [-0.1, -0.05) is 11.6 Å². The summed E-state index contributed by atoms with van der Waals surface area (Å²) in [5.41, 5.74) is 1.28. The van der Waals surface area contributed by atoms with E-state index in [9.17, 15) is 9.59 Å². The van der Waals surface area contributed by atoms with Gasteiger partial charge >= 0.3 is 0 Å². The Bertz CT molecular complexity index is 1040. The summed E-state index contributed by atoms with van der Waals surface area (Å²) in [5.74, 6) is 1.45. The number of ether oxygens (including phenoxy) is 2. The van der Waals surface area contributed by atoms with E-state index in [2.05, 4.69) is 10.3 Å². The molecule has 162 valence electrons. The first kappa shape index (κ1) is 22.4. The molecule has 3 rings (SSSR count). The van der Waals surface area contributed by atoms with Gasteiger partial charge in [0.25, 0.3) is 0 Å². The summed E-state index contributed by atoms with van der Waals surface area (Å²) in [6.45, 7) is 0. The minimum absolute atomic E-state index is 0.0451. The lowest BCUT2D eigenvalue weighted by Gasteiger charge is -2.20. The molecule has 0 spiro atoms. The number of methoxy groups -OCH3 is 2. The lowest BCUT2D eigenvalue weighted by Crippen LogP contribution is -2.31. The zero-order valence-corrected chi connectivity index (χ0v) is 18.3. The predicted molar refractivity (Wildman–Crippen MR) is 118 cm³/mol. The number of nitrogens with one attached hydrogen (secondary N) is 1. The number of hydrogen-bond acceptors (Lipinski definition) is 5. The molecule has 1 N–H and O–H groups in total. The average Bonchev–Trinajstić information content (AvgIpc) is 3.21. The highest BCUT2D eigenvalue weighted by atomic mass is 35.5. The molecule has 0 aliphatic carbocycles. The number of nitrogens with zero attached hydrogens (tertiary/aromatic N) is 2. The lowest BCUT2D eigenvalue weighted by atomic mass is 10.0. The number of imidazole rings is 1. The van der Waals surface area contributed by atoms with E-state index in [1.165, 1.54) is 0 Å². The molecule has 1 heterocycles. The Hall–Kier alpha value is -3.32. The number of benzene rings is 2. The molecule has 7 nitrogen and oxygen atoms in total. The quantitative estimate of drug-likeness (QED) is 0.508. The number of halogens is 1. The molecule has 0 bridgehead atoms. The second-order valence-electron chi connectivity index (χ2n) is 6.97. The Morgan fingerprint density at radius 3 is 2.26 bits per heavy atom. The van der Waals surface area contributed by atoms with Crippen LogP contribution >= 0.6 is 11.6 Å². The van der Waals surface area contributed by atoms with Crippen LogP contribution in [0.4, 0.5) is 0 Å². The van der Waals surface area contributed by atoms with Crippen molar-refractivity contribution in [3.05, 3.63) is 76.8 Å². The summed E-state index contributed by atoms with van der Waals surface area (Å²) in [6.07, 6.45) is 3.59. The van der Waals surface area contributed by atoms with E-state index in [0.717, 1.165) is 5.56 Å². The number of aryl methyl sites for hydroxylation is 1. The van der Waals surface area contributed by atoms with Crippen LogP contribution in [0.5, 0.6) is 11.5 Å². The van der Waals surface area contributed by atoms with Crippen molar-refractivity contribution in [3.8, 4) is 11.5 Å². The molecule has 8 heteroatoms. The number of hydrogen-bond donors (Lipinski definition) is 1. The van der Waals surface area contributed by atoms with Crippen molar-refractivity contribution in [1.82, 2.24) is 14.9 Å². The molecule has 0 saturated carbocycles. The third kappa shape index (κ3) is 5.64. The molecule has 1 unspecified atom stereocenters. The largest absolute Gasteiger partial charge is 0.497 e. The van der Waals surface area contributed by atoms with Crippen LogP contribution in [-0.4, -0.2) is 35.5 Å². The SMILES string of the molecule is COc1cc(OC)cc(C(NC(=O)CCC(=O)c2ccc(Cl)cc2)c2nccn2C)c1. The molecule has 31 heavy (non-hydrogen) atoms. The van der Waals surface area contributed by atoms with Crippen LogP contribution in [0.1, 0.15) is 40.6 Å². The molecular weight excluding hydrogens is 418 g/mol. The number of ketones is 1. The van der Waals surface area contributed by atoms with Gasteiger partial charge in [-0.25, -0.2) is 4.98 Å². The first-order valence-electron chi connectivity index (χ1n) is 9.69. The van der Waals surface area contributed by atoms with Crippen LogP contribution in [0, 0.1) is 0 Å². The lowest BCUT2D eigenvalue weighted by molar-refractivity contribution is -0.121. The maximum Gasteiger partial charge on any atom is 0.221 e. The third-order valence-corrected chi connectivity index (χ3v) is 5.13. The highest BCUT2D eigenvalue weighted by Gasteiger charge is 2.23. The molecule has 0 radical (unpaired) electrons. The van der Waals surface area contributed by atoms with Crippen molar-refractivity contribution < 1.29 is 19.1 Å². The Kier molecular flexibility index (Phi) is 7.31. The summed E-state index contributed by atoms with van der Waals surface area (Å²) in [4.78, 5) is 29.5. The smallest absolute Gasteiger partial charge is 0.221 e. The van der Waals surface area contributed by atoms with Gasteiger partial charge in [-0.2, -0.15) is 0 Å². The summed E-state index contributed by atoms with van der Waals surface area (Å²) in [7, 11) is 4.98. The van der Waals surface area contributed by atoms with E-state index in [0.29, 0.717) is 27.9 Å². The normalized spacial score (nSPS) is 11.6. The highest BCUT2D eigenvalue weighted by Crippen LogP contribution is 2.29. The highest BCUT2D eigenvalue weighted by molar-refractivity contribution is 6.30. The number of amides is 1. The van der Waals surface area contributed by atoms with Crippen LogP contribution in [0.25, 0.3) is 0 Å². The van der Waals surface area contributed by atoms with Crippen LogP contribution in [-0.2, 0) is 11.8 Å². The van der Waals surface area contributed by atoms with Gasteiger partial charge in [0.15, 0.2) is 5.78 Å². The molecule has 0 saturated heterocycles. The Labute approximate surface area is 186 Å². The van der Waals surface area contributed by atoms with E-state index in [1.807, 2.05) is 23.7 Å². The molecular formula is C23H24ClN3O4. The number of carbonyl (C=O) groups is 2. The van der Waals surface area contributed by atoms with Crippen molar-refractivity contribution >= 4 is 23.3 Å². The summed E-state index contributed by atoms with van der Waals surface area (Å²) < 4.78 is 12.6. The summed E-state index contributed by atoms with van der Waals surface area (Å²) in [6, 6.07) is 11.5. The number of Topliss-reactive ketones (excluding diaryl/α,β-unsaturated/α-hetero) is 1. The van der Waals surface area contributed by atoms with Gasteiger partial charge in [0.1, 0.15) is 23.4 Å². The van der Waals surface area contributed by atoms with Crippen LogP contribution in [0.15, 0.2) is 54.9 Å². The summed E-state index contributed by atoms with van der Waals surface area (Å²) >= 11 is 5.86. The Balaban J connectivity index is 1.78. The Morgan fingerprint density at radius 2 is 1.71 bits per heavy atom. The van der Waals surface area contributed by atoms with Gasteiger partial charge in [0.2, 0.25) is 5.91 Å². The maximum absolute atomic E-state index is 12.7. The third-order valence-electron chi connectivity index (χ3n) is 4.87. The van der Waals surface area contributed by atoms with Gasteiger partial charge in [-0.05, 0) is 42.0 Å². The molecule has 3 aromatic rings. The van der Waals surface area contributed by atoms with E-state index >= 15 is 0 Å². The van der Waals surface area contributed by atoms with E-state index < -0.39 is 6.04 Å². The first-order chi connectivity index (χ1) is 14.9. The van der Waals surface area contributed by atoms with Gasteiger partial charge in [0, 0.05) is 48.9 Å². The molecule has 0 fully saturated rings. The van der Waals surface area contributed by atoms with Crippen molar-refractivity contribution in [2.45, 2.75) is 18.9 Å². The van der Waals surface area contributed by atoms with Crippen molar-refractivity contribution in [1.29, 1.82) is 0 Å². The number of rotatable bonds is 9. The maximum atomic E-state index is 12.7. The molecule has 1 atom stereocenters.